The average molecular weight is 370 g/mol. The van der Waals surface area contributed by atoms with Crippen LogP contribution < -0.4 is 10.1 Å². The first-order chi connectivity index (χ1) is 12.7. The largest absolute Gasteiger partial charge is 0.482 e. The molecule has 1 N–H and O–H groups in total. The van der Waals surface area contributed by atoms with Gasteiger partial charge in [0.15, 0.2) is 6.61 Å². The number of halogens is 1. The molecule has 1 aliphatic heterocycles. The van der Waals surface area contributed by atoms with E-state index in [2.05, 4.69) is 9.88 Å². The number of fused-ring (bicyclic) bond motifs is 3. The molecule has 6 heteroatoms. The zero-order chi connectivity index (χ0) is 17.9. The first-order valence-corrected chi connectivity index (χ1v) is 9.25. The number of aryl methyl sites for hydroxylation is 2. The van der Waals surface area contributed by atoms with Crippen LogP contribution in [-0.4, -0.2) is 22.1 Å². The van der Waals surface area contributed by atoms with Gasteiger partial charge in [0.2, 0.25) is 0 Å². The minimum absolute atomic E-state index is 0.0958. The van der Waals surface area contributed by atoms with Crippen molar-refractivity contribution in [3.8, 4) is 5.75 Å². The van der Waals surface area contributed by atoms with E-state index in [0.29, 0.717) is 10.8 Å². The van der Waals surface area contributed by atoms with E-state index < -0.39 is 0 Å². The Labute approximate surface area is 156 Å². The number of para-hydroxylation sites is 1. The summed E-state index contributed by atoms with van der Waals surface area (Å²) in [5.74, 6) is 1.41. The van der Waals surface area contributed by atoms with E-state index in [1.54, 1.807) is 12.1 Å². The van der Waals surface area contributed by atoms with E-state index in [9.17, 15) is 4.79 Å². The van der Waals surface area contributed by atoms with Gasteiger partial charge in [0.1, 0.15) is 11.6 Å². The quantitative estimate of drug-likeness (QED) is 0.740. The number of carbonyl (C=O) groups excluding carboxylic acids is 1. The summed E-state index contributed by atoms with van der Waals surface area (Å²) in [6.07, 6.45) is 4.65. The number of amides is 1. The minimum atomic E-state index is -0.231. The van der Waals surface area contributed by atoms with Gasteiger partial charge in [0.05, 0.1) is 16.1 Å². The predicted molar refractivity (Wildman–Crippen MR) is 103 cm³/mol. The summed E-state index contributed by atoms with van der Waals surface area (Å²) >= 11 is 6.03. The van der Waals surface area contributed by atoms with Crippen LogP contribution in [0.2, 0.25) is 5.02 Å². The third-order valence-corrected chi connectivity index (χ3v) is 4.90. The Bertz CT molecular complexity index is 951. The Morgan fingerprint density at radius 1 is 1.19 bits per heavy atom. The van der Waals surface area contributed by atoms with Crippen LogP contribution in [0.4, 0.5) is 5.69 Å². The summed E-state index contributed by atoms with van der Waals surface area (Å²) < 4.78 is 7.77. The molecular weight excluding hydrogens is 350 g/mol. The van der Waals surface area contributed by atoms with Gasteiger partial charge < -0.3 is 14.6 Å². The molecule has 0 radical (unpaired) electrons. The first-order valence-electron chi connectivity index (χ1n) is 8.87. The highest BCUT2D eigenvalue weighted by Crippen LogP contribution is 2.25. The Hall–Kier alpha value is -2.53. The van der Waals surface area contributed by atoms with Crippen LogP contribution in [0.3, 0.4) is 0 Å². The van der Waals surface area contributed by atoms with Gasteiger partial charge in [-0.2, -0.15) is 0 Å². The van der Waals surface area contributed by atoms with Crippen LogP contribution in [0.25, 0.3) is 11.0 Å². The Morgan fingerprint density at radius 2 is 2.08 bits per heavy atom. The summed E-state index contributed by atoms with van der Waals surface area (Å²) in [6, 6.07) is 13.0. The zero-order valence-electron chi connectivity index (χ0n) is 14.4. The number of anilines is 1. The summed E-state index contributed by atoms with van der Waals surface area (Å²) in [7, 11) is 0. The van der Waals surface area contributed by atoms with Gasteiger partial charge in [-0.3, -0.25) is 4.79 Å². The molecule has 0 saturated heterocycles. The molecule has 134 valence electrons. The molecule has 26 heavy (non-hydrogen) atoms. The lowest BCUT2D eigenvalue weighted by Gasteiger charge is -2.09. The van der Waals surface area contributed by atoms with E-state index in [-0.39, 0.29) is 12.5 Å². The molecule has 2 aromatic carbocycles. The predicted octanol–water partition coefficient (Wildman–Crippen LogP) is 4.43. The molecule has 1 aromatic heterocycles. The molecule has 3 aromatic rings. The number of rotatable bonds is 4. The number of aromatic nitrogens is 2. The summed E-state index contributed by atoms with van der Waals surface area (Å²) in [5, 5.41) is 3.35. The van der Waals surface area contributed by atoms with Gasteiger partial charge in [-0.15, -0.1) is 0 Å². The molecule has 0 saturated carbocycles. The molecule has 1 aliphatic rings. The normalized spacial score (nSPS) is 13.9. The molecule has 1 amide bonds. The van der Waals surface area contributed by atoms with Crippen molar-refractivity contribution >= 4 is 34.2 Å². The van der Waals surface area contributed by atoms with E-state index in [0.717, 1.165) is 35.5 Å². The number of benzene rings is 2. The van der Waals surface area contributed by atoms with Crippen molar-refractivity contribution in [3.63, 3.8) is 0 Å². The highest BCUT2D eigenvalue weighted by molar-refractivity contribution is 6.32. The van der Waals surface area contributed by atoms with Gasteiger partial charge in [0, 0.05) is 18.7 Å². The summed E-state index contributed by atoms with van der Waals surface area (Å²) in [4.78, 5) is 16.9. The monoisotopic (exact) mass is 369 g/mol. The molecule has 0 bridgehead atoms. The molecule has 4 rings (SSSR count). The second-order valence-corrected chi connectivity index (χ2v) is 6.87. The van der Waals surface area contributed by atoms with Crippen LogP contribution in [0, 0.1) is 0 Å². The lowest BCUT2D eigenvalue weighted by molar-refractivity contribution is -0.118. The van der Waals surface area contributed by atoms with Gasteiger partial charge in [0.25, 0.3) is 5.91 Å². The Kier molecular flexibility index (Phi) is 4.80. The average Bonchev–Trinajstić information content (AvgIpc) is 2.81. The van der Waals surface area contributed by atoms with Crippen molar-refractivity contribution in [2.24, 2.45) is 0 Å². The fourth-order valence-electron chi connectivity index (χ4n) is 3.33. The van der Waals surface area contributed by atoms with Crippen LogP contribution in [0.5, 0.6) is 5.75 Å². The van der Waals surface area contributed by atoms with Crippen LogP contribution >= 0.6 is 11.6 Å². The van der Waals surface area contributed by atoms with Crippen LogP contribution in [0.1, 0.15) is 25.1 Å². The van der Waals surface area contributed by atoms with Gasteiger partial charge in [-0.1, -0.05) is 30.2 Å². The number of ether oxygens (including phenoxy) is 1. The van der Waals surface area contributed by atoms with Crippen molar-refractivity contribution in [1.29, 1.82) is 0 Å². The maximum atomic E-state index is 12.2. The fraction of sp³-hybridized carbons (Fsp3) is 0.300. The van der Waals surface area contributed by atoms with Crippen molar-refractivity contribution in [3.05, 3.63) is 53.3 Å². The summed E-state index contributed by atoms with van der Waals surface area (Å²) in [6.45, 7) is 0.921. The number of carbonyl (C=O) groups is 1. The van der Waals surface area contributed by atoms with E-state index in [1.165, 1.54) is 19.3 Å². The van der Waals surface area contributed by atoms with Crippen molar-refractivity contribution in [2.45, 2.75) is 32.2 Å². The van der Waals surface area contributed by atoms with E-state index >= 15 is 0 Å². The number of nitrogens with zero attached hydrogens (tertiary/aromatic N) is 2. The smallest absolute Gasteiger partial charge is 0.262 e. The second kappa shape index (κ2) is 7.38. The van der Waals surface area contributed by atoms with Gasteiger partial charge in [-0.25, -0.2) is 4.98 Å². The third-order valence-electron chi connectivity index (χ3n) is 4.59. The van der Waals surface area contributed by atoms with Gasteiger partial charge >= 0.3 is 0 Å². The maximum Gasteiger partial charge on any atom is 0.262 e. The molecule has 0 spiro atoms. The molecule has 2 heterocycles. The number of nitrogens with one attached hydrogen (secondary N) is 1. The SMILES string of the molecule is O=C(COc1ccccc1Cl)Nc1ccc2c(c1)nc1n2CCCCC1. The van der Waals surface area contributed by atoms with E-state index in [1.807, 2.05) is 30.3 Å². The number of hydrogen-bond acceptors (Lipinski definition) is 3. The Morgan fingerprint density at radius 3 is 2.96 bits per heavy atom. The molecule has 0 fully saturated rings. The fourth-order valence-corrected chi connectivity index (χ4v) is 3.52. The van der Waals surface area contributed by atoms with Gasteiger partial charge in [-0.05, 0) is 43.2 Å². The zero-order valence-corrected chi connectivity index (χ0v) is 15.1. The minimum Gasteiger partial charge on any atom is -0.482 e. The van der Waals surface area contributed by atoms with Crippen molar-refractivity contribution in [1.82, 2.24) is 9.55 Å². The van der Waals surface area contributed by atoms with Crippen LogP contribution in [0.15, 0.2) is 42.5 Å². The highest BCUT2D eigenvalue weighted by atomic mass is 35.5. The standard InChI is InChI=1S/C20H20ClN3O2/c21-15-6-3-4-7-18(15)26-13-20(25)22-14-9-10-17-16(12-14)23-19-8-2-1-5-11-24(17)19/h3-4,6-7,9-10,12H,1-2,5,8,11,13H2,(H,22,25). The maximum absolute atomic E-state index is 12.2. The molecule has 0 unspecified atom stereocenters. The lowest BCUT2D eigenvalue weighted by Crippen LogP contribution is -2.20. The lowest BCUT2D eigenvalue weighted by atomic mass is 10.2. The number of hydrogen-bond donors (Lipinski definition) is 1. The summed E-state index contributed by atoms with van der Waals surface area (Å²) in [5.41, 5.74) is 2.78. The topological polar surface area (TPSA) is 56.1 Å². The molecule has 0 aliphatic carbocycles. The van der Waals surface area contributed by atoms with Crippen LogP contribution in [-0.2, 0) is 17.8 Å². The molecule has 5 nitrogen and oxygen atoms in total. The number of imidazole rings is 1. The molecule has 0 atom stereocenters. The van der Waals surface area contributed by atoms with E-state index in [4.69, 9.17) is 21.3 Å². The highest BCUT2D eigenvalue weighted by Gasteiger charge is 2.14. The second-order valence-electron chi connectivity index (χ2n) is 6.46. The first kappa shape index (κ1) is 16.9. The third kappa shape index (κ3) is 3.53. The molecular formula is C20H20ClN3O2. The Balaban J connectivity index is 1.45. The van der Waals surface area contributed by atoms with Crippen molar-refractivity contribution in [2.75, 3.05) is 11.9 Å². The van der Waals surface area contributed by atoms with Crippen molar-refractivity contribution < 1.29 is 9.53 Å².